The van der Waals surface area contributed by atoms with Crippen molar-refractivity contribution in [3.8, 4) is 0 Å². The first-order valence-electron chi connectivity index (χ1n) is 9.00. The first-order chi connectivity index (χ1) is 13.2. The molecule has 2 aromatic carbocycles. The normalized spacial score (nSPS) is 16.8. The average Bonchev–Trinajstić information content (AvgIpc) is 2.67. The Kier molecular flexibility index (Phi) is 6.02. The van der Waals surface area contributed by atoms with Gasteiger partial charge in [0.1, 0.15) is 0 Å². The van der Waals surface area contributed by atoms with Crippen molar-refractivity contribution in [2.45, 2.75) is 23.6 Å². The predicted molar refractivity (Wildman–Crippen MR) is 109 cm³/mol. The molecule has 0 bridgehead atoms. The third kappa shape index (κ3) is 4.19. The summed E-state index contributed by atoms with van der Waals surface area (Å²) in [4.78, 5) is 15.3. The summed E-state index contributed by atoms with van der Waals surface area (Å²) in [7, 11) is -4.67. The standard InChI is InChI=1S/C20H24N2O4S2/c1-15-4-9-19(16(2)14-15)28(25,26)22-12-10-21(11-13-22)20(23)17-5-7-18(8-6-17)27(3)24/h4-9,14H,10-13H2,1-3H3. The lowest BCUT2D eigenvalue weighted by Gasteiger charge is -2.34. The molecule has 0 radical (unpaired) electrons. The second-order valence-electron chi connectivity index (χ2n) is 6.94. The Morgan fingerprint density at radius 2 is 1.57 bits per heavy atom. The Morgan fingerprint density at radius 1 is 0.964 bits per heavy atom. The van der Waals surface area contributed by atoms with Crippen LogP contribution in [0.2, 0.25) is 0 Å². The van der Waals surface area contributed by atoms with Crippen molar-refractivity contribution in [2.75, 3.05) is 32.4 Å². The van der Waals surface area contributed by atoms with Gasteiger partial charge < -0.3 is 4.90 Å². The number of rotatable bonds is 4. The van der Waals surface area contributed by atoms with E-state index in [0.29, 0.717) is 28.4 Å². The lowest BCUT2D eigenvalue weighted by molar-refractivity contribution is 0.0698. The molecule has 0 saturated carbocycles. The molecule has 150 valence electrons. The van der Waals surface area contributed by atoms with E-state index in [1.54, 1.807) is 54.5 Å². The van der Waals surface area contributed by atoms with Crippen LogP contribution < -0.4 is 0 Å². The zero-order valence-electron chi connectivity index (χ0n) is 16.2. The maximum Gasteiger partial charge on any atom is 0.253 e. The molecule has 3 rings (SSSR count). The van der Waals surface area contributed by atoms with Crippen molar-refractivity contribution in [3.63, 3.8) is 0 Å². The van der Waals surface area contributed by atoms with Gasteiger partial charge in [0.05, 0.1) is 4.90 Å². The summed E-state index contributed by atoms with van der Waals surface area (Å²) in [6.45, 7) is 4.93. The molecule has 0 aliphatic carbocycles. The molecule has 8 heteroatoms. The van der Waals surface area contributed by atoms with Crippen molar-refractivity contribution in [3.05, 3.63) is 59.2 Å². The number of aryl methyl sites for hydroxylation is 2. The fourth-order valence-corrected chi connectivity index (χ4v) is 5.48. The SMILES string of the molecule is Cc1ccc(S(=O)(=O)N2CCN(C(=O)c3ccc(S(C)=O)cc3)CC2)c(C)c1. The number of piperazine rings is 1. The Labute approximate surface area is 168 Å². The van der Waals surface area contributed by atoms with Gasteiger partial charge in [-0.3, -0.25) is 9.00 Å². The number of hydrogen-bond acceptors (Lipinski definition) is 4. The lowest BCUT2D eigenvalue weighted by Crippen LogP contribution is -2.50. The van der Waals surface area contributed by atoms with Crippen LogP contribution in [0.25, 0.3) is 0 Å². The number of nitrogens with zero attached hydrogens (tertiary/aromatic N) is 2. The molecular weight excluding hydrogens is 396 g/mol. The summed E-state index contributed by atoms with van der Waals surface area (Å²) in [5.74, 6) is -0.142. The van der Waals surface area contributed by atoms with E-state index in [0.717, 1.165) is 11.1 Å². The van der Waals surface area contributed by atoms with Gasteiger partial charge in [-0.1, -0.05) is 17.7 Å². The van der Waals surface area contributed by atoms with Gasteiger partial charge in [-0.2, -0.15) is 4.31 Å². The van der Waals surface area contributed by atoms with Gasteiger partial charge in [-0.05, 0) is 49.7 Å². The minimum atomic E-state index is -3.58. The van der Waals surface area contributed by atoms with E-state index in [-0.39, 0.29) is 19.0 Å². The van der Waals surface area contributed by atoms with E-state index < -0.39 is 20.8 Å². The van der Waals surface area contributed by atoms with Crippen LogP contribution in [0.3, 0.4) is 0 Å². The van der Waals surface area contributed by atoms with Gasteiger partial charge in [0.25, 0.3) is 5.91 Å². The molecule has 6 nitrogen and oxygen atoms in total. The van der Waals surface area contributed by atoms with E-state index in [2.05, 4.69) is 0 Å². The van der Waals surface area contributed by atoms with Crippen LogP contribution in [0.15, 0.2) is 52.3 Å². The number of sulfonamides is 1. The van der Waals surface area contributed by atoms with Crippen LogP contribution in [0, 0.1) is 13.8 Å². The van der Waals surface area contributed by atoms with Crippen LogP contribution in [0.5, 0.6) is 0 Å². The quantitative estimate of drug-likeness (QED) is 0.760. The van der Waals surface area contributed by atoms with Crippen molar-refractivity contribution < 1.29 is 17.4 Å². The smallest absolute Gasteiger partial charge is 0.253 e. The zero-order chi connectivity index (χ0) is 20.5. The molecular formula is C20H24N2O4S2. The van der Waals surface area contributed by atoms with Gasteiger partial charge in [-0.25, -0.2) is 8.42 Å². The molecule has 1 fully saturated rings. The minimum Gasteiger partial charge on any atom is -0.336 e. The molecule has 28 heavy (non-hydrogen) atoms. The van der Waals surface area contributed by atoms with Crippen LogP contribution in [0.1, 0.15) is 21.5 Å². The van der Waals surface area contributed by atoms with Crippen molar-refractivity contribution >= 4 is 26.7 Å². The lowest BCUT2D eigenvalue weighted by atomic mass is 10.2. The number of amides is 1. The fraction of sp³-hybridized carbons (Fsp3) is 0.350. The van der Waals surface area contributed by atoms with Crippen molar-refractivity contribution in [2.24, 2.45) is 0 Å². The van der Waals surface area contributed by atoms with Crippen LogP contribution >= 0.6 is 0 Å². The molecule has 1 aliphatic rings. The van der Waals surface area contributed by atoms with Gasteiger partial charge >= 0.3 is 0 Å². The molecule has 1 aliphatic heterocycles. The third-order valence-corrected chi connectivity index (χ3v) is 7.90. The molecule has 1 heterocycles. The van der Waals surface area contributed by atoms with Gasteiger partial charge in [0.2, 0.25) is 10.0 Å². The largest absolute Gasteiger partial charge is 0.336 e. The highest BCUT2D eigenvalue weighted by atomic mass is 32.2. The van der Waals surface area contributed by atoms with Gasteiger partial charge in [0.15, 0.2) is 0 Å². The topological polar surface area (TPSA) is 74.8 Å². The Bertz CT molecular complexity index is 1010. The van der Waals surface area contributed by atoms with Gasteiger partial charge in [0, 0.05) is 53.7 Å². The summed E-state index contributed by atoms with van der Waals surface area (Å²) in [5, 5.41) is 0. The Morgan fingerprint density at radius 3 is 2.11 bits per heavy atom. The highest BCUT2D eigenvalue weighted by molar-refractivity contribution is 7.89. The number of carbonyl (C=O) groups excluding carboxylic acids is 1. The van der Waals surface area contributed by atoms with Crippen LogP contribution in [-0.2, 0) is 20.8 Å². The maximum atomic E-state index is 13.0. The molecule has 0 N–H and O–H groups in total. The second kappa shape index (κ2) is 8.14. The minimum absolute atomic E-state index is 0.142. The third-order valence-electron chi connectivity index (χ3n) is 4.91. The maximum absolute atomic E-state index is 13.0. The zero-order valence-corrected chi connectivity index (χ0v) is 17.8. The van der Waals surface area contributed by atoms with E-state index in [4.69, 9.17) is 0 Å². The van der Waals surface area contributed by atoms with Crippen molar-refractivity contribution in [1.82, 2.24) is 9.21 Å². The summed E-state index contributed by atoms with van der Waals surface area (Å²) in [6, 6.07) is 12.0. The monoisotopic (exact) mass is 420 g/mol. The molecule has 2 aromatic rings. The average molecular weight is 421 g/mol. The molecule has 0 aromatic heterocycles. The second-order valence-corrected chi connectivity index (χ2v) is 10.2. The summed E-state index contributed by atoms with van der Waals surface area (Å²) >= 11 is 0. The van der Waals surface area contributed by atoms with E-state index >= 15 is 0 Å². The Balaban J connectivity index is 1.69. The molecule has 0 spiro atoms. The van der Waals surface area contributed by atoms with E-state index in [9.17, 15) is 17.4 Å². The highest BCUT2D eigenvalue weighted by Crippen LogP contribution is 2.22. The van der Waals surface area contributed by atoms with E-state index in [1.165, 1.54) is 4.31 Å². The number of benzene rings is 2. The predicted octanol–water partition coefficient (Wildman–Crippen LogP) is 2.19. The summed E-state index contributed by atoms with van der Waals surface area (Å²) < 4.78 is 38.8. The number of carbonyl (C=O) groups is 1. The van der Waals surface area contributed by atoms with Crippen molar-refractivity contribution in [1.29, 1.82) is 0 Å². The van der Waals surface area contributed by atoms with E-state index in [1.807, 2.05) is 13.0 Å². The fourth-order valence-electron chi connectivity index (χ4n) is 3.33. The molecule has 1 unspecified atom stereocenters. The van der Waals surface area contributed by atoms with Gasteiger partial charge in [-0.15, -0.1) is 0 Å². The van der Waals surface area contributed by atoms with Crippen LogP contribution in [-0.4, -0.2) is 60.2 Å². The first-order valence-corrected chi connectivity index (χ1v) is 12.0. The summed E-state index contributed by atoms with van der Waals surface area (Å²) in [5.41, 5.74) is 2.26. The molecule has 1 saturated heterocycles. The molecule has 1 amide bonds. The first kappa shape index (κ1) is 20.7. The summed E-state index contributed by atoms with van der Waals surface area (Å²) in [6.07, 6.45) is 1.59. The highest BCUT2D eigenvalue weighted by Gasteiger charge is 2.31. The number of hydrogen-bond donors (Lipinski definition) is 0. The molecule has 1 atom stereocenters. The Hall–Kier alpha value is -2.03. The van der Waals surface area contributed by atoms with Crippen LogP contribution in [0.4, 0.5) is 0 Å².